The topological polar surface area (TPSA) is 34.4 Å². The SMILES string of the molecule is O=C(N=c1scc(-c2ccc(F)cc2)n1-c1ccccc1)c1cccs1. The van der Waals surface area contributed by atoms with Crippen LogP contribution in [0.2, 0.25) is 0 Å². The van der Waals surface area contributed by atoms with Crippen molar-refractivity contribution in [2.24, 2.45) is 4.99 Å². The number of thiophene rings is 1. The van der Waals surface area contributed by atoms with Crippen molar-refractivity contribution < 1.29 is 9.18 Å². The van der Waals surface area contributed by atoms with E-state index in [0.717, 1.165) is 16.9 Å². The minimum Gasteiger partial charge on any atom is -0.285 e. The molecule has 26 heavy (non-hydrogen) atoms. The molecule has 0 saturated carbocycles. The van der Waals surface area contributed by atoms with Crippen molar-refractivity contribution in [1.29, 1.82) is 0 Å². The van der Waals surface area contributed by atoms with Crippen molar-refractivity contribution in [2.75, 3.05) is 0 Å². The van der Waals surface area contributed by atoms with Crippen LogP contribution in [0.4, 0.5) is 4.39 Å². The van der Waals surface area contributed by atoms with E-state index >= 15 is 0 Å². The van der Waals surface area contributed by atoms with Crippen molar-refractivity contribution in [1.82, 2.24) is 4.57 Å². The first-order chi connectivity index (χ1) is 12.7. The molecular weight excluding hydrogens is 367 g/mol. The zero-order chi connectivity index (χ0) is 17.9. The van der Waals surface area contributed by atoms with Crippen LogP contribution in [0.5, 0.6) is 0 Å². The van der Waals surface area contributed by atoms with E-state index in [1.807, 2.05) is 51.7 Å². The number of benzene rings is 2. The minimum atomic E-state index is -0.284. The second kappa shape index (κ2) is 7.19. The Labute approximate surface area is 157 Å². The Morgan fingerprint density at radius 1 is 0.923 bits per heavy atom. The lowest BCUT2D eigenvalue weighted by atomic mass is 10.1. The lowest BCUT2D eigenvalue weighted by Crippen LogP contribution is -2.16. The number of hydrogen-bond donors (Lipinski definition) is 0. The molecule has 0 N–H and O–H groups in total. The molecule has 0 saturated heterocycles. The number of nitrogens with zero attached hydrogens (tertiary/aromatic N) is 2. The van der Waals surface area contributed by atoms with Gasteiger partial charge in [-0.2, -0.15) is 4.99 Å². The molecule has 1 amide bonds. The molecule has 2 aromatic carbocycles. The van der Waals surface area contributed by atoms with Crippen molar-refractivity contribution in [3.63, 3.8) is 0 Å². The molecule has 0 fully saturated rings. The third-order valence-electron chi connectivity index (χ3n) is 3.79. The maximum absolute atomic E-state index is 13.3. The van der Waals surface area contributed by atoms with Gasteiger partial charge < -0.3 is 0 Å². The normalized spacial score (nSPS) is 11.7. The fourth-order valence-electron chi connectivity index (χ4n) is 2.58. The molecule has 3 nitrogen and oxygen atoms in total. The Balaban J connectivity index is 1.90. The Morgan fingerprint density at radius 2 is 1.69 bits per heavy atom. The van der Waals surface area contributed by atoms with Gasteiger partial charge in [-0.15, -0.1) is 22.7 Å². The summed E-state index contributed by atoms with van der Waals surface area (Å²) >= 11 is 2.75. The molecule has 0 spiro atoms. The number of rotatable bonds is 3. The quantitative estimate of drug-likeness (QED) is 0.484. The van der Waals surface area contributed by atoms with E-state index in [9.17, 15) is 9.18 Å². The largest absolute Gasteiger partial charge is 0.289 e. The van der Waals surface area contributed by atoms with Crippen molar-refractivity contribution in [3.8, 4) is 16.9 Å². The molecule has 0 unspecified atom stereocenters. The summed E-state index contributed by atoms with van der Waals surface area (Å²) in [6.07, 6.45) is 0. The molecule has 0 aliphatic rings. The zero-order valence-corrected chi connectivity index (χ0v) is 15.1. The Kier molecular flexibility index (Phi) is 4.60. The van der Waals surface area contributed by atoms with Crippen LogP contribution in [0.3, 0.4) is 0 Å². The van der Waals surface area contributed by atoms with Crippen molar-refractivity contribution in [2.45, 2.75) is 0 Å². The summed E-state index contributed by atoms with van der Waals surface area (Å²) in [6.45, 7) is 0. The number of carbonyl (C=O) groups is 1. The van der Waals surface area contributed by atoms with Gasteiger partial charge in [-0.1, -0.05) is 24.3 Å². The van der Waals surface area contributed by atoms with Crippen LogP contribution < -0.4 is 4.80 Å². The second-order valence-electron chi connectivity index (χ2n) is 5.48. The molecule has 0 bridgehead atoms. The maximum Gasteiger partial charge on any atom is 0.289 e. The van der Waals surface area contributed by atoms with E-state index in [0.29, 0.717) is 9.68 Å². The van der Waals surface area contributed by atoms with Gasteiger partial charge in [0.1, 0.15) is 5.82 Å². The van der Waals surface area contributed by atoms with E-state index in [-0.39, 0.29) is 11.7 Å². The second-order valence-corrected chi connectivity index (χ2v) is 7.26. The first-order valence-corrected chi connectivity index (χ1v) is 9.63. The molecule has 0 radical (unpaired) electrons. The molecular formula is C20H13FN2OS2. The summed E-state index contributed by atoms with van der Waals surface area (Å²) in [5, 5.41) is 3.78. The van der Waals surface area contributed by atoms with Crippen LogP contribution in [-0.2, 0) is 0 Å². The highest BCUT2D eigenvalue weighted by Crippen LogP contribution is 2.24. The van der Waals surface area contributed by atoms with Crippen LogP contribution in [0.15, 0.2) is 82.5 Å². The molecule has 6 heteroatoms. The van der Waals surface area contributed by atoms with Gasteiger partial charge in [-0.05, 0) is 53.4 Å². The van der Waals surface area contributed by atoms with E-state index in [4.69, 9.17) is 0 Å². The van der Waals surface area contributed by atoms with Crippen molar-refractivity contribution >= 4 is 28.6 Å². The Bertz CT molecular complexity index is 1090. The van der Waals surface area contributed by atoms with Gasteiger partial charge in [-0.3, -0.25) is 9.36 Å². The molecule has 2 aromatic heterocycles. The van der Waals surface area contributed by atoms with Crippen molar-refractivity contribution in [3.05, 3.63) is 93.0 Å². The van der Waals surface area contributed by atoms with Gasteiger partial charge in [-0.25, -0.2) is 4.39 Å². The molecule has 0 aliphatic heterocycles. The summed E-state index contributed by atoms with van der Waals surface area (Å²) in [6, 6.07) is 19.6. The maximum atomic E-state index is 13.3. The number of carbonyl (C=O) groups excluding carboxylic acids is 1. The lowest BCUT2D eigenvalue weighted by molar-refractivity contribution is 0.100. The third-order valence-corrected chi connectivity index (χ3v) is 5.48. The van der Waals surface area contributed by atoms with Crippen LogP contribution in [0.25, 0.3) is 16.9 Å². The number of aromatic nitrogens is 1. The van der Waals surface area contributed by atoms with E-state index in [1.54, 1.807) is 18.2 Å². The zero-order valence-electron chi connectivity index (χ0n) is 13.5. The molecule has 4 aromatic rings. The number of amides is 1. The van der Waals surface area contributed by atoms with Crippen LogP contribution in [0.1, 0.15) is 9.67 Å². The predicted molar refractivity (Wildman–Crippen MR) is 103 cm³/mol. The van der Waals surface area contributed by atoms with Gasteiger partial charge in [0.05, 0.1) is 10.6 Å². The summed E-state index contributed by atoms with van der Waals surface area (Å²) in [4.78, 5) is 17.9. The van der Waals surface area contributed by atoms with Gasteiger partial charge in [0, 0.05) is 11.1 Å². The Hall–Kier alpha value is -2.83. The van der Waals surface area contributed by atoms with Gasteiger partial charge in [0.25, 0.3) is 5.91 Å². The molecule has 4 rings (SSSR count). The predicted octanol–water partition coefficient (Wildman–Crippen LogP) is 5.15. The number of halogens is 1. The van der Waals surface area contributed by atoms with Crippen LogP contribution >= 0.6 is 22.7 Å². The number of hydrogen-bond acceptors (Lipinski definition) is 3. The fourth-order valence-corrected chi connectivity index (χ4v) is 4.09. The highest BCUT2D eigenvalue weighted by atomic mass is 32.1. The van der Waals surface area contributed by atoms with Crippen LogP contribution in [-0.4, -0.2) is 10.5 Å². The highest BCUT2D eigenvalue weighted by molar-refractivity contribution is 7.12. The monoisotopic (exact) mass is 380 g/mol. The summed E-state index contributed by atoms with van der Waals surface area (Å²) in [7, 11) is 0. The third kappa shape index (κ3) is 3.29. The summed E-state index contributed by atoms with van der Waals surface area (Å²) < 4.78 is 15.2. The van der Waals surface area contributed by atoms with Gasteiger partial charge >= 0.3 is 0 Å². The summed E-state index contributed by atoms with van der Waals surface area (Å²) in [5.74, 6) is -0.551. The fraction of sp³-hybridized carbons (Fsp3) is 0. The van der Waals surface area contributed by atoms with E-state index in [2.05, 4.69) is 4.99 Å². The van der Waals surface area contributed by atoms with Gasteiger partial charge in [0.15, 0.2) is 4.80 Å². The average Bonchev–Trinajstić information content (AvgIpc) is 3.33. The Morgan fingerprint density at radius 3 is 2.38 bits per heavy atom. The molecule has 0 atom stereocenters. The average molecular weight is 380 g/mol. The van der Waals surface area contributed by atoms with Crippen LogP contribution in [0, 0.1) is 5.82 Å². The summed E-state index contributed by atoms with van der Waals surface area (Å²) in [5.41, 5.74) is 2.61. The standard InChI is InChI=1S/C20H13FN2OS2/c21-15-10-8-14(9-11-15)17-13-26-20(22-19(24)18-7-4-12-25-18)23(17)16-5-2-1-3-6-16/h1-13H. The minimum absolute atomic E-state index is 0.266. The number of thiazole rings is 1. The van der Waals surface area contributed by atoms with E-state index < -0.39 is 0 Å². The van der Waals surface area contributed by atoms with E-state index in [1.165, 1.54) is 34.8 Å². The molecule has 0 aliphatic carbocycles. The lowest BCUT2D eigenvalue weighted by Gasteiger charge is -2.09. The molecule has 2 heterocycles. The first-order valence-electron chi connectivity index (χ1n) is 7.87. The highest BCUT2D eigenvalue weighted by Gasteiger charge is 2.12. The molecule has 128 valence electrons. The number of para-hydroxylation sites is 1. The smallest absolute Gasteiger partial charge is 0.285 e. The first kappa shape index (κ1) is 16.6. The van der Waals surface area contributed by atoms with Gasteiger partial charge in [0.2, 0.25) is 0 Å².